The van der Waals surface area contributed by atoms with E-state index in [1.807, 2.05) is 62.4 Å². The van der Waals surface area contributed by atoms with E-state index in [2.05, 4.69) is 26.6 Å². The maximum Gasteiger partial charge on any atom is 0.235 e. The number of rotatable bonds is 11. The molecule has 1 aliphatic rings. The summed E-state index contributed by atoms with van der Waals surface area (Å²) in [6.07, 6.45) is 0.949. The largest absolute Gasteiger partial charge is 0.493 e. The van der Waals surface area contributed by atoms with Crippen LogP contribution in [0.25, 0.3) is 0 Å². The van der Waals surface area contributed by atoms with Gasteiger partial charge in [-0.1, -0.05) is 74.0 Å². The van der Waals surface area contributed by atoms with Gasteiger partial charge in [-0.3, -0.25) is 14.4 Å². The number of hydrogen-bond acceptors (Lipinski definition) is 6. The van der Waals surface area contributed by atoms with Gasteiger partial charge in [-0.15, -0.1) is 0 Å². The molecule has 4 unspecified atom stereocenters. The highest BCUT2D eigenvalue weighted by Crippen LogP contribution is 2.49. The molecule has 256 valence electrons. The molecule has 4 aromatic carbocycles. The number of hydrogen-bond donors (Lipinski definition) is 3. The first-order chi connectivity index (χ1) is 23.5. The van der Waals surface area contributed by atoms with E-state index in [1.54, 1.807) is 36.4 Å². The Hall–Kier alpha value is -4.18. The Labute approximate surface area is 300 Å². The van der Waals surface area contributed by atoms with Gasteiger partial charge in [0.1, 0.15) is 18.3 Å². The zero-order valence-corrected chi connectivity index (χ0v) is 30.2. The molecule has 3 N–H and O–H groups in total. The molecular formula is C39H40BrClN2O6. The fourth-order valence-electron chi connectivity index (χ4n) is 6.62. The van der Waals surface area contributed by atoms with E-state index in [0.29, 0.717) is 50.8 Å². The van der Waals surface area contributed by atoms with Crippen LogP contribution in [-0.2, 0) is 33.8 Å². The van der Waals surface area contributed by atoms with Gasteiger partial charge in [-0.05, 0) is 94.3 Å². The van der Waals surface area contributed by atoms with Gasteiger partial charge >= 0.3 is 0 Å². The SMILES string of the molecule is CCc1ccccc1NC(=O)C1C(=O)CC(C)(O)C(C(=O)Nc2ccccc2CC)C1c1cc(Br)c(OCc2ccc(Cl)cc2)c(OC)c1. The topological polar surface area (TPSA) is 114 Å². The highest BCUT2D eigenvalue weighted by molar-refractivity contribution is 9.10. The van der Waals surface area contributed by atoms with E-state index in [4.69, 9.17) is 21.1 Å². The Morgan fingerprint density at radius 2 is 1.49 bits per heavy atom. The molecule has 0 saturated heterocycles. The first-order valence-corrected chi connectivity index (χ1v) is 17.4. The highest BCUT2D eigenvalue weighted by atomic mass is 79.9. The third-order valence-electron chi connectivity index (χ3n) is 9.08. The number of benzene rings is 4. The standard InChI is InChI=1S/C39H40BrClN2O6/c1-5-24-11-7-9-13-29(24)42-37(45)34-31(44)21-39(3,47)35(38(46)43-30-14-10-8-12-25(30)6-2)33(34)26-19-28(40)36(32(20-26)48-4)49-22-23-15-17-27(41)18-16-23/h7-20,33-35,47H,5-6,21-22H2,1-4H3,(H,42,45)(H,43,46). The van der Waals surface area contributed by atoms with Gasteiger partial charge in [-0.2, -0.15) is 0 Å². The first-order valence-electron chi connectivity index (χ1n) is 16.2. The highest BCUT2D eigenvalue weighted by Gasteiger charge is 2.56. The number of methoxy groups -OCH3 is 1. The van der Waals surface area contributed by atoms with Crippen LogP contribution in [0.4, 0.5) is 11.4 Å². The summed E-state index contributed by atoms with van der Waals surface area (Å²) in [6, 6.07) is 25.5. The normalized spacial score (nSPS) is 20.4. The second kappa shape index (κ2) is 15.6. The summed E-state index contributed by atoms with van der Waals surface area (Å²) < 4.78 is 12.4. The lowest BCUT2D eigenvalue weighted by Crippen LogP contribution is -2.56. The number of aryl methyl sites for hydroxylation is 2. The summed E-state index contributed by atoms with van der Waals surface area (Å²) in [5.74, 6) is -4.41. The minimum atomic E-state index is -1.78. The van der Waals surface area contributed by atoms with Crippen LogP contribution in [0.1, 0.15) is 55.4 Å². The number of para-hydroxylation sites is 2. The van der Waals surface area contributed by atoms with Gasteiger partial charge in [0, 0.05) is 28.7 Å². The number of ether oxygens (including phenoxy) is 2. The lowest BCUT2D eigenvalue weighted by molar-refractivity contribution is -0.150. The van der Waals surface area contributed by atoms with Crippen molar-refractivity contribution in [3.05, 3.63) is 117 Å². The zero-order valence-electron chi connectivity index (χ0n) is 27.9. The predicted molar refractivity (Wildman–Crippen MR) is 195 cm³/mol. The molecule has 8 nitrogen and oxygen atoms in total. The Morgan fingerprint density at radius 3 is 2.06 bits per heavy atom. The van der Waals surface area contributed by atoms with Crippen molar-refractivity contribution in [3.8, 4) is 11.5 Å². The number of carbonyl (C=O) groups excluding carboxylic acids is 3. The Balaban J connectivity index is 1.60. The van der Waals surface area contributed by atoms with Gasteiger partial charge in [0.25, 0.3) is 0 Å². The monoisotopic (exact) mass is 746 g/mol. The van der Waals surface area contributed by atoms with Gasteiger partial charge in [0.05, 0.1) is 23.1 Å². The zero-order chi connectivity index (χ0) is 35.3. The molecule has 0 aliphatic heterocycles. The summed E-state index contributed by atoms with van der Waals surface area (Å²) in [5, 5.41) is 18.5. The van der Waals surface area contributed by atoms with Crippen LogP contribution in [0.2, 0.25) is 5.02 Å². The number of Topliss-reactive ketones (excluding diaryl/α,β-unsaturated/α-hetero) is 1. The van der Waals surface area contributed by atoms with E-state index < -0.39 is 41.0 Å². The molecule has 5 rings (SSSR count). The molecule has 4 aromatic rings. The third-order valence-corrected chi connectivity index (χ3v) is 9.92. The number of nitrogens with one attached hydrogen (secondary N) is 2. The van der Waals surface area contributed by atoms with Crippen LogP contribution >= 0.6 is 27.5 Å². The minimum Gasteiger partial charge on any atom is -0.493 e. The van der Waals surface area contributed by atoms with Crippen LogP contribution < -0.4 is 20.1 Å². The van der Waals surface area contributed by atoms with Crippen molar-refractivity contribution in [2.24, 2.45) is 11.8 Å². The van der Waals surface area contributed by atoms with E-state index in [-0.39, 0.29) is 13.0 Å². The molecule has 0 spiro atoms. The van der Waals surface area contributed by atoms with E-state index in [1.165, 1.54) is 14.0 Å². The molecule has 0 bridgehead atoms. The molecule has 10 heteroatoms. The van der Waals surface area contributed by atoms with Crippen molar-refractivity contribution in [1.29, 1.82) is 0 Å². The van der Waals surface area contributed by atoms with Gasteiger partial charge in [0.15, 0.2) is 11.5 Å². The van der Waals surface area contributed by atoms with Gasteiger partial charge in [-0.25, -0.2) is 0 Å². The van der Waals surface area contributed by atoms with Gasteiger partial charge in [0.2, 0.25) is 11.8 Å². The van der Waals surface area contributed by atoms with Crippen molar-refractivity contribution >= 4 is 56.5 Å². The average Bonchev–Trinajstić information content (AvgIpc) is 3.07. The minimum absolute atomic E-state index is 0.214. The quantitative estimate of drug-likeness (QED) is 0.134. The molecule has 0 radical (unpaired) electrons. The van der Waals surface area contributed by atoms with E-state index >= 15 is 0 Å². The van der Waals surface area contributed by atoms with Crippen molar-refractivity contribution in [2.75, 3.05) is 17.7 Å². The fourth-order valence-corrected chi connectivity index (χ4v) is 7.32. The summed E-state index contributed by atoms with van der Waals surface area (Å²) in [7, 11) is 1.49. The van der Waals surface area contributed by atoms with Crippen LogP contribution in [0, 0.1) is 11.8 Å². The molecule has 2 amide bonds. The molecular weight excluding hydrogens is 708 g/mol. The van der Waals surface area contributed by atoms with Gasteiger partial charge < -0.3 is 25.2 Å². The number of ketones is 1. The second-order valence-corrected chi connectivity index (χ2v) is 13.7. The molecule has 49 heavy (non-hydrogen) atoms. The summed E-state index contributed by atoms with van der Waals surface area (Å²) in [5.41, 5.74) is 2.55. The molecule has 0 heterocycles. The number of anilines is 2. The predicted octanol–water partition coefficient (Wildman–Crippen LogP) is 8.13. The Kier molecular flexibility index (Phi) is 11.5. The average molecular weight is 748 g/mol. The maximum absolute atomic E-state index is 14.4. The molecule has 1 fully saturated rings. The van der Waals surface area contributed by atoms with Crippen molar-refractivity contribution in [3.63, 3.8) is 0 Å². The second-order valence-electron chi connectivity index (χ2n) is 12.4. The smallest absolute Gasteiger partial charge is 0.235 e. The number of amides is 2. The lowest BCUT2D eigenvalue weighted by Gasteiger charge is -2.44. The molecule has 1 aliphatic carbocycles. The number of aliphatic hydroxyl groups is 1. The Morgan fingerprint density at radius 1 is 0.918 bits per heavy atom. The molecule has 0 aromatic heterocycles. The number of carbonyl (C=O) groups is 3. The third kappa shape index (κ3) is 8.01. The fraction of sp³-hybridized carbons (Fsp3) is 0.308. The molecule has 4 atom stereocenters. The van der Waals surface area contributed by atoms with E-state index in [0.717, 1.165) is 16.7 Å². The maximum atomic E-state index is 14.4. The van der Waals surface area contributed by atoms with E-state index in [9.17, 15) is 19.5 Å². The van der Waals surface area contributed by atoms with Crippen molar-refractivity contribution in [2.45, 2.75) is 58.2 Å². The van der Waals surface area contributed by atoms with Crippen LogP contribution in [-0.4, -0.2) is 35.4 Å². The first kappa shape index (κ1) is 36.1. The summed E-state index contributed by atoms with van der Waals surface area (Å²) in [4.78, 5) is 42.6. The number of halogens is 2. The lowest BCUT2D eigenvalue weighted by atomic mass is 9.61. The van der Waals surface area contributed by atoms with Crippen molar-refractivity contribution < 1.29 is 29.0 Å². The molecule has 1 saturated carbocycles. The van der Waals surface area contributed by atoms with Crippen molar-refractivity contribution in [1.82, 2.24) is 0 Å². The summed E-state index contributed by atoms with van der Waals surface area (Å²) >= 11 is 9.66. The van der Waals surface area contributed by atoms with Crippen LogP contribution in [0.15, 0.2) is 89.4 Å². The summed E-state index contributed by atoms with van der Waals surface area (Å²) in [6.45, 7) is 5.65. The van der Waals surface area contributed by atoms with Crippen LogP contribution in [0.5, 0.6) is 11.5 Å². The van der Waals surface area contributed by atoms with Crippen LogP contribution in [0.3, 0.4) is 0 Å². The Bertz CT molecular complexity index is 1840.